The molecule has 4 rings (SSSR count). The van der Waals surface area contributed by atoms with Crippen molar-refractivity contribution in [3.63, 3.8) is 0 Å². The normalized spacial score (nSPS) is 11.0. The van der Waals surface area contributed by atoms with Crippen LogP contribution in [0.25, 0.3) is 16.9 Å². The second-order valence-corrected chi connectivity index (χ2v) is 9.05. The number of nitrogens with one attached hydrogen (secondary N) is 1. The summed E-state index contributed by atoms with van der Waals surface area (Å²) in [6.45, 7) is 4.96. The van der Waals surface area contributed by atoms with Gasteiger partial charge in [0.2, 0.25) is 0 Å². The fourth-order valence-electron chi connectivity index (χ4n) is 4.29. The zero-order valence-corrected chi connectivity index (χ0v) is 20.8. The second kappa shape index (κ2) is 12.2. The molecule has 0 fully saturated rings. The van der Waals surface area contributed by atoms with E-state index < -0.39 is 0 Å². The maximum Gasteiger partial charge on any atom is 0.311 e. The van der Waals surface area contributed by atoms with Crippen LogP contribution in [0.1, 0.15) is 63.0 Å². The molecule has 0 radical (unpaired) electrons. The lowest BCUT2D eigenvalue weighted by Crippen LogP contribution is -2.07. The summed E-state index contributed by atoms with van der Waals surface area (Å²) in [5, 5.41) is 3.58. The minimum absolute atomic E-state index is 0.175. The maximum absolute atomic E-state index is 12.4. The number of esters is 1. The molecule has 0 saturated heterocycles. The van der Waals surface area contributed by atoms with Gasteiger partial charge in [-0.1, -0.05) is 87.6 Å². The number of carbonyl (C=O) groups is 1. The number of rotatable bonds is 12. The molecule has 0 bridgehead atoms. The zero-order chi connectivity index (χ0) is 24.5. The Bertz CT molecular complexity index is 1250. The fraction of sp³-hybridized carbons (Fsp3) is 0.333. The van der Waals surface area contributed by atoms with Crippen LogP contribution < -0.4 is 10.1 Å². The Kier molecular flexibility index (Phi) is 8.55. The number of hydrogen-bond acceptors (Lipinski definition) is 4. The number of carbonyl (C=O) groups excluding carboxylic acids is 1. The van der Waals surface area contributed by atoms with E-state index in [0.29, 0.717) is 18.7 Å². The van der Waals surface area contributed by atoms with Crippen LogP contribution in [0.3, 0.4) is 0 Å². The second-order valence-electron chi connectivity index (χ2n) is 9.05. The van der Waals surface area contributed by atoms with Crippen molar-refractivity contribution in [3.8, 4) is 17.0 Å². The van der Waals surface area contributed by atoms with Gasteiger partial charge in [0.25, 0.3) is 0 Å². The van der Waals surface area contributed by atoms with E-state index in [0.717, 1.165) is 41.1 Å². The third-order valence-electron chi connectivity index (χ3n) is 6.22. The molecule has 5 nitrogen and oxygen atoms in total. The third-order valence-corrected chi connectivity index (χ3v) is 6.22. The van der Waals surface area contributed by atoms with Gasteiger partial charge < -0.3 is 10.1 Å². The SMILES string of the molecule is CCCCCCCCC(=O)Oc1cccc(-c2nc3c(C)cccn3c2NCc2ccccc2)c1. The molecule has 1 N–H and O–H groups in total. The van der Waals surface area contributed by atoms with Crippen molar-refractivity contribution >= 4 is 17.4 Å². The van der Waals surface area contributed by atoms with Crippen LogP contribution in [-0.2, 0) is 11.3 Å². The average molecular weight is 470 g/mol. The summed E-state index contributed by atoms with van der Waals surface area (Å²) >= 11 is 0. The van der Waals surface area contributed by atoms with Crippen LogP contribution in [0, 0.1) is 6.92 Å². The molecular weight excluding hydrogens is 434 g/mol. The summed E-state index contributed by atoms with van der Waals surface area (Å²) in [6, 6.07) is 22.1. The van der Waals surface area contributed by atoms with Crippen molar-refractivity contribution in [1.82, 2.24) is 9.38 Å². The number of ether oxygens (including phenoxy) is 1. The molecule has 5 heteroatoms. The van der Waals surface area contributed by atoms with Crippen LogP contribution in [0.4, 0.5) is 5.82 Å². The maximum atomic E-state index is 12.4. The summed E-state index contributed by atoms with van der Waals surface area (Å²) in [7, 11) is 0. The smallest absolute Gasteiger partial charge is 0.311 e. The molecule has 35 heavy (non-hydrogen) atoms. The first kappa shape index (κ1) is 24.5. The van der Waals surface area contributed by atoms with Crippen molar-refractivity contribution in [2.45, 2.75) is 65.3 Å². The summed E-state index contributed by atoms with van der Waals surface area (Å²) in [4.78, 5) is 17.4. The first-order valence-electron chi connectivity index (χ1n) is 12.7. The highest BCUT2D eigenvalue weighted by Crippen LogP contribution is 2.32. The topological polar surface area (TPSA) is 55.6 Å². The van der Waals surface area contributed by atoms with E-state index in [-0.39, 0.29) is 5.97 Å². The number of fused-ring (bicyclic) bond motifs is 1. The van der Waals surface area contributed by atoms with E-state index in [9.17, 15) is 4.79 Å². The monoisotopic (exact) mass is 469 g/mol. The quantitative estimate of drug-likeness (QED) is 0.132. The molecule has 0 spiro atoms. The van der Waals surface area contributed by atoms with Crippen molar-refractivity contribution < 1.29 is 9.53 Å². The lowest BCUT2D eigenvalue weighted by atomic mass is 10.1. The number of pyridine rings is 1. The first-order chi connectivity index (χ1) is 17.2. The molecule has 2 aromatic carbocycles. The van der Waals surface area contributed by atoms with E-state index in [2.05, 4.69) is 41.8 Å². The predicted octanol–water partition coefficient (Wildman–Crippen LogP) is 7.58. The lowest BCUT2D eigenvalue weighted by molar-refractivity contribution is -0.134. The minimum Gasteiger partial charge on any atom is -0.427 e. The molecule has 0 aliphatic carbocycles. The van der Waals surface area contributed by atoms with E-state index in [1.165, 1.54) is 31.2 Å². The fourth-order valence-corrected chi connectivity index (χ4v) is 4.29. The highest BCUT2D eigenvalue weighted by atomic mass is 16.5. The molecule has 182 valence electrons. The van der Waals surface area contributed by atoms with Gasteiger partial charge in [-0.3, -0.25) is 9.20 Å². The Morgan fingerprint density at radius 1 is 0.943 bits per heavy atom. The number of hydrogen-bond donors (Lipinski definition) is 1. The molecule has 0 aliphatic rings. The minimum atomic E-state index is -0.175. The Morgan fingerprint density at radius 3 is 2.57 bits per heavy atom. The highest BCUT2D eigenvalue weighted by Gasteiger charge is 2.16. The largest absolute Gasteiger partial charge is 0.427 e. The van der Waals surface area contributed by atoms with Gasteiger partial charge in [0, 0.05) is 24.7 Å². The molecule has 0 unspecified atom stereocenters. The van der Waals surface area contributed by atoms with Gasteiger partial charge in [-0.2, -0.15) is 0 Å². The zero-order valence-electron chi connectivity index (χ0n) is 20.8. The van der Waals surface area contributed by atoms with Crippen LogP contribution in [0.5, 0.6) is 5.75 Å². The summed E-state index contributed by atoms with van der Waals surface area (Å²) in [5.41, 5.74) is 4.95. The van der Waals surface area contributed by atoms with Gasteiger partial charge >= 0.3 is 5.97 Å². The number of imidazole rings is 1. The van der Waals surface area contributed by atoms with Gasteiger partial charge in [-0.15, -0.1) is 0 Å². The van der Waals surface area contributed by atoms with Gasteiger partial charge in [0.05, 0.1) is 0 Å². The number of unbranched alkanes of at least 4 members (excludes halogenated alkanes) is 5. The van der Waals surface area contributed by atoms with E-state index in [1.54, 1.807) is 0 Å². The number of nitrogens with zero attached hydrogens (tertiary/aromatic N) is 2. The predicted molar refractivity (Wildman–Crippen MR) is 143 cm³/mol. The van der Waals surface area contributed by atoms with Gasteiger partial charge in [0.15, 0.2) is 0 Å². The molecule has 2 aromatic heterocycles. The lowest BCUT2D eigenvalue weighted by Gasteiger charge is -2.10. The van der Waals surface area contributed by atoms with Crippen LogP contribution in [0.15, 0.2) is 72.9 Å². The Hall–Kier alpha value is -3.60. The average Bonchev–Trinajstić information content (AvgIpc) is 3.25. The van der Waals surface area contributed by atoms with E-state index in [4.69, 9.17) is 9.72 Å². The number of aromatic nitrogens is 2. The third kappa shape index (κ3) is 6.50. The summed E-state index contributed by atoms with van der Waals surface area (Å²) in [6.07, 6.45) is 9.35. The number of anilines is 1. The van der Waals surface area contributed by atoms with Crippen molar-refractivity contribution in [1.29, 1.82) is 0 Å². The molecular formula is C30H35N3O2. The Balaban J connectivity index is 1.51. The molecule has 0 atom stereocenters. The standard InChI is InChI=1S/C30H35N3O2/c1-3-4-5-6-7-11-19-27(34)35-26-18-12-17-25(21-26)28-30(31-22-24-15-9-8-10-16-24)33-20-13-14-23(2)29(33)32-28/h8-10,12-18,20-21,31H,3-7,11,19,22H2,1-2H3. The summed E-state index contributed by atoms with van der Waals surface area (Å²) < 4.78 is 7.77. The van der Waals surface area contributed by atoms with Crippen molar-refractivity contribution in [3.05, 3.63) is 84.1 Å². The Labute approximate surface area is 208 Å². The van der Waals surface area contributed by atoms with Gasteiger partial charge in [-0.05, 0) is 42.7 Å². The van der Waals surface area contributed by atoms with Gasteiger partial charge in [0.1, 0.15) is 22.9 Å². The van der Waals surface area contributed by atoms with Crippen LogP contribution in [-0.4, -0.2) is 15.4 Å². The molecule has 0 saturated carbocycles. The number of benzene rings is 2. The van der Waals surface area contributed by atoms with E-state index >= 15 is 0 Å². The van der Waals surface area contributed by atoms with Crippen LogP contribution >= 0.6 is 0 Å². The number of aryl methyl sites for hydroxylation is 1. The van der Waals surface area contributed by atoms with Crippen molar-refractivity contribution in [2.24, 2.45) is 0 Å². The van der Waals surface area contributed by atoms with Crippen LogP contribution in [0.2, 0.25) is 0 Å². The van der Waals surface area contributed by atoms with Crippen molar-refractivity contribution in [2.75, 3.05) is 5.32 Å². The van der Waals surface area contributed by atoms with Gasteiger partial charge in [-0.25, -0.2) is 4.98 Å². The Morgan fingerprint density at radius 2 is 1.74 bits per heavy atom. The highest BCUT2D eigenvalue weighted by molar-refractivity contribution is 5.79. The molecule has 4 aromatic rings. The molecule has 2 heterocycles. The van der Waals surface area contributed by atoms with E-state index in [1.807, 2.05) is 54.7 Å². The molecule has 0 aliphatic heterocycles. The first-order valence-corrected chi connectivity index (χ1v) is 12.7. The molecule has 0 amide bonds. The summed E-state index contributed by atoms with van der Waals surface area (Å²) in [5.74, 6) is 1.30.